The lowest BCUT2D eigenvalue weighted by atomic mass is 10.3. The minimum atomic E-state index is 0.575. The zero-order valence-corrected chi connectivity index (χ0v) is 11.9. The van der Waals surface area contributed by atoms with Crippen LogP contribution in [0.4, 0.5) is 5.69 Å². The maximum Gasteiger partial charge on any atom is 0.142 e. The van der Waals surface area contributed by atoms with Crippen LogP contribution in [-0.2, 0) is 11.3 Å². The van der Waals surface area contributed by atoms with E-state index in [1.165, 1.54) is 4.88 Å². The maximum absolute atomic E-state index is 5.73. The fourth-order valence-electron chi connectivity index (χ4n) is 1.69. The van der Waals surface area contributed by atoms with Gasteiger partial charge in [-0.15, -0.1) is 11.3 Å². The number of hydrogen-bond acceptors (Lipinski definition) is 4. The molecule has 102 valence electrons. The lowest BCUT2D eigenvalue weighted by Crippen LogP contribution is -2.08. The molecule has 0 unspecified atom stereocenters. The highest BCUT2D eigenvalue weighted by molar-refractivity contribution is 7.09. The fraction of sp³-hybridized carbons (Fsp3) is 0.333. The lowest BCUT2D eigenvalue weighted by molar-refractivity contribution is 0.110. The van der Waals surface area contributed by atoms with E-state index < -0.39 is 0 Å². The van der Waals surface area contributed by atoms with Crippen molar-refractivity contribution in [3.8, 4) is 5.75 Å². The molecule has 1 N–H and O–H groups in total. The molecule has 2 rings (SSSR count). The van der Waals surface area contributed by atoms with E-state index in [1.54, 1.807) is 11.3 Å². The first-order valence-electron chi connectivity index (χ1n) is 6.46. The average Bonchev–Trinajstić information content (AvgIpc) is 2.96. The van der Waals surface area contributed by atoms with Gasteiger partial charge >= 0.3 is 0 Å². The molecule has 0 bridgehead atoms. The Morgan fingerprint density at radius 1 is 1.11 bits per heavy atom. The third-order valence-electron chi connectivity index (χ3n) is 2.61. The van der Waals surface area contributed by atoms with Crippen LogP contribution in [0.15, 0.2) is 41.8 Å². The molecule has 19 heavy (non-hydrogen) atoms. The van der Waals surface area contributed by atoms with Crippen LogP contribution >= 0.6 is 11.3 Å². The van der Waals surface area contributed by atoms with Gasteiger partial charge in [0.25, 0.3) is 0 Å². The van der Waals surface area contributed by atoms with Gasteiger partial charge in [-0.2, -0.15) is 0 Å². The van der Waals surface area contributed by atoms with Crippen molar-refractivity contribution in [2.24, 2.45) is 0 Å². The predicted octanol–water partition coefficient (Wildman–Crippen LogP) is 3.78. The molecule has 0 aliphatic heterocycles. The van der Waals surface area contributed by atoms with Gasteiger partial charge in [0.15, 0.2) is 0 Å². The summed E-state index contributed by atoms with van der Waals surface area (Å²) in [4.78, 5) is 1.31. The Bertz CT molecular complexity index is 471. The summed E-state index contributed by atoms with van der Waals surface area (Å²) >= 11 is 1.75. The van der Waals surface area contributed by atoms with Crippen LogP contribution in [0.1, 0.15) is 11.8 Å². The molecule has 2 aromatic rings. The van der Waals surface area contributed by atoms with Gasteiger partial charge in [-0.3, -0.25) is 0 Å². The van der Waals surface area contributed by atoms with E-state index in [1.807, 2.05) is 31.2 Å². The summed E-state index contributed by atoms with van der Waals surface area (Å²) in [5, 5.41) is 5.49. The predicted molar refractivity (Wildman–Crippen MR) is 80.1 cm³/mol. The average molecular weight is 277 g/mol. The normalized spacial score (nSPS) is 10.4. The SMILES string of the molecule is CCOCCOc1ccccc1NCc1cccs1. The van der Waals surface area contributed by atoms with Crippen molar-refractivity contribution >= 4 is 17.0 Å². The van der Waals surface area contributed by atoms with Crippen LogP contribution in [0.2, 0.25) is 0 Å². The topological polar surface area (TPSA) is 30.5 Å². The van der Waals surface area contributed by atoms with Crippen molar-refractivity contribution in [1.29, 1.82) is 0 Å². The molecule has 4 heteroatoms. The van der Waals surface area contributed by atoms with E-state index >= 15 is 0 Å². The quantitative estimate of drug-likeness (QED) is 0.745. The summed E-state index contributed by atoms with van der Waals surface area (Å²) in [6.45, 7) is 4.73. The summed E-state index contributed by atoms with van der Waals surface area (Å²) in [6, 6.07) is 12.2. The second-order valence-electron chi connectivity index (χ2n) is 3.97. The van der Waals surface area contributed by atoms with Gasteiger partial charge < -0.3 is 14.8 Å². The first kappa shape index (κ1) is 13.9. The number of nitrogens with one attached hydrogen (secondary N) is 1. The molecular formula is C15H19NO2S. The highest BCUT2D eigenvalue weighted by Gasteiger charge is 2.02. The van der Waals surface area contributed by atoms with E-state index in [0.717, 1.165) is 24.6 Å². The first-order chi connectivity index (χ1) is 9.40. The van der Waals surface area contributed by atoms with Gasteiger partial charge in [0, 0.05) is 18.0 Å². The number of ether oxygens (including phenoxy) is 2. The van der Waals surface area contributed by atoms with Gasteiger partial charge in [0.1, 0.15) is 12.4 Å². The number of thiophene rings is 1. The van der Waals surface area contributed by atoms with E-state index in [0.29, 0.717) is 13.2 Å². The lowest BCUT2D eigenvalue weighted by Gasteiger charge is -2.12. The molecule has 0 amide bonds. The molecule has 0 radical (unpaired) electrons. The van der Waals surface area contributed by atoms with E-state index in [4.69, 9.17) is 9.47 Å². The highest BCUT2D eigenvalue weighted by atomic mass is 32.1. The molecule has 0 fully saturated rings. The Morgan fingerprint density at radius 3 is 2.79 bits per heavy atom. The minimum absolute atomic E-state index is 0.575. The number of para-hydroxylation sites is 2. The molecule has 0 spiro atoms. The maximum atomic E-state index is 5.73. The van der Waals surface area contributed by atoms with Crippen LogP contribution < -0.4 is 10.1 Å². The van der Waals surface area contributed by atoms with Gasteiger partial charge in [-0.1, -0.05) is 18.2 Å². The Morgan fingerprint density at radius 2 is 2.00 bits per heavy atom. The summed E-state index contributed by atoms with van der Waals surface area (Å²) in [5.41, 5.74) is 1.02. The van der Waals surface area contributed by atoms with E-state index in [2.05, 4.69) is 22.8 Å². The van der Waals surface area contributed by atoms with Crippen molar-refractivity contribution in [2.45, 2.75) is 13.5 Å². The summed E-state index contributed by atoms with van der Waals surface area (Å²) in [7, 11) is 0. The van der Waals surface area contributed by atoms with Gasteiger partial charge in [-0.05, 0) is 30.5 Å². The van der Waals surface area contributed by atoms with Crippen molar-refractivity contribution in [2.75, 3.05) is 25.1 Å². The van der Waals surface area contributed by atoms with Crippen LogP contribution in [0.25, 0.3) is 0 Å². The monoisotopic (exact) mass is 277 g/mol. The minimum Gasteiger partial charge on any atom is -0.489 e. The van der Waals surface area contributed by atoms with Crippen LogP contribution in [0, 0.1) is 0 Å². The molecule has 0 aliphatic rings. The number of hydrogen-bond donors (Lipinski definition) is 1. The molecule has 1 aromatic heterocycles. The Labute approximate surface area is 118 Å². The number of benzene rings is 1. The number of rotatable bonds is 8. The standard InChI is InChI=1S/C15H19NO2S/c1-2-17-9-10-18-15-8-4-3-7-14(15)16-12-13-6-5-11-19-13/h3-8,11,16H,2,9-10,12H2,1H3. The second kappa shape index (κ2) is 7.81. The Kier molecular flexibility index (Phi) is 5.72. The zero-order chi connectivity index (χ0) is 13.3. The molecule has 0 saturated carbocycles. The van der Waals surface area contributed by atoms with Crippen LogP contribution in [-0.4, -0.2) is 19.8 Å². The largest absolute Gasteiger partial charge is 0.489 e. The second-order valence-corrected chi connectivity index (χ2v) is 5.01. The van der Waals surface area contributed by atoms with E-state index in [-0.39, 0.29) is 0 Å². The molecule has 1 aromatic carbocycles. The molecule has 3 nitrogen and oxygen atoms in total. The molecule has 0 atom stereocenters. The molecule has 0 saturated heterocycles. The van der Waals surface area contributed by atoms with Crippen molar-refractivity contribution in [1.82, 2.24) is 0 Å². The summed E-state index contributed by atoms with van der Waals surface area (Å²) in [5.74, 6) is 0.874. The van der Waals surface area contributed by atoms with Crippen LogP contribution in [0.5, 0.6) is 5.75 Å². The molecule has 1 heterocycles. The Hall–Kier alpha value is -1.52. The summed E-state index contributed by atoms with van der Waals surface area (Å²) in [6.07, 6.45) is 0. The zero-order valence-electron chi connectivity index (χ0n) is 11.1. The molecule has 0 aliphatic carbocycles. The Balaban J connectivity index is 1.88. The van der Waals surface area contributed by atoms with Gasteiger partial charge in [0.05, 0.1) is 12.3 Å². The van der Waals surface area contributed by atoms with Gasteiger partial charge in [0.2, 0.25) is 0 Å². The van der Waals surface area contributed by atoms with Crippen molar-refractivity contribution in [3.05, 3.63) is 46.7 Å². The highest BCUT2D eigenvalue weighted by Crippen LogP contribution is 2.24. The third-order valence-corrected chi connectivity index (χ3v) is 3.49. The molecular weight excluding hydrogens is 258 g/mol. The van der Waals surface area contributed by atoms with Crippen molar-refractivity contribution in [3.63, 3.8) is 0 Å². The van der Waals surface area contributed by atoms with Crippen LogP contribution in [0.3, 0.4) is 0 Å². The fourth-order valence-corrected chi connectivity index (χ4v) is 2.33. The summed E-state index contributed by atoms with van der Waals surface area (Å²) < 4.78 is 11.0. The first-order valence-corrected chi connectivity index (χ1v) is 7.34. The number of anilines is 1. The smallest absolute Gasteiger partial charge is 0.142 e. The van der Waals surface area contributed by atoms with Crippen molar-refractivity contribution < 1.29 is 9.47 Å². The van der Waals surface area contributed by atoms with Gasteiger partial charge in [-0.25, -0.2) is 0 Å². The third kappa shape index (κ3) is 4.58. The van der Waals surface area contributed by atoms with E-state index in [9.17, 15) is 0 Å².